The molecule has 6 nitrogen and oxygen atoms in total. The van der Waals surface area contributed by atoms with Crippen molar-refractivity contribution in [2.75, 3.05) is 38.0 Å². The van der Waals surface area contributed by atoms with E-state index in [1.165, 1.54) is 4.31 Å². The molecule has 1 aliphatic rings. The zero-order chi connectivity index (χ0) is 20.3. The van der Waals surface area contributed by atoms with Crippen LogP contribution in [-0.4, -0.2) is 51.4 Å². The number of hydrogen-bond acceptors (Lipinski definition) is 3. The van der Waals surface area contributed by atoms with Gasteiger partial charge < -0.3 is 10.2 Å². The van der Waals surface area contributed by atoms with Gasteiger partial charge >= 0.3 is 0 Å². The predicted octanol–water partition coefficient (Wildman–Crippen LogP) is 1.37. The van der Waals surface area contributed by atoms with Gasteiger partial charge in [-0.1, -0.05) is 48.5 Å². The van der Waals surface area contributed by atoms with Gasteiger partial charge in [-0.15, -0.1) is 0 Å². The van der Waals surface area contributed by atoms with Crippen LogP contribution >= 0.6 is 0 Å². The van der Waals surface area contributed by atoms with E-state index in [0.29, 0.717) is 37.6 Å². The van der Waals surface area contributed by atoms with Crippen LogP contribution < -0.4 is 10.2 Å². The van der Waals surface area contributed by atoms with Gasteiger partial charge in [0, 0.05) is 5.69 Å². The number of carbonyl (C=O) groups is 1. The van der Waals surface area contributed by atoms with E-state index < -0.39 is 10.0 Å². The summed E-state index contributed by atoms with van der Waals surface area (Å²) in [4.78, 5) is 13.6. The number of piperazine rings is 1. The molecule has 29 heavy (non-hydrogen) atoms. The fourth-order valence-electron chi connectivity index (χ4n) is 3.65. The summed E-state index contributed by atoms with van der Waals surface area (Å²) in [6.45, 7) is 2.36. The Kier molecular flexibility index (Phi) is 5.62. The Morgan fingerprint density at radius 1 is 0.897 bits per heavy atom. The van der Waals surface area contributed by atoms with Crippen molar-refractivity contribution in [3.8, 4) is 0 Å². The number of amides is 1. The maximum absolute atomic E-state index is 13.0. The lowest BCUT2D eigenvalue weighted by Gasteiger charge is -2.31. The molecule has 3 aromatic rings. The molecule has 0 unspecified atom stereocenters. The standard InChI is InChI=1S/C22H23N3O3S/c26-22(23-20-8-2-1-3-9-20)17-24-12-14-25(15-13-24)29(27,28)21-11-10-18-6-4-5-7-19(18)16-21/h1-11,16H,12-15,17H2,(H,23,26)/p+1. The normalized spacial score (nSPS) is 16.0. The fourth-order valence-corrected chi connectivity index (χ4v) is 5.13. The maximum atomic E-state index is 13.0. The minimum absolute atomic E-state index is 0.0583. The Bertz CT molecular complexity index is 1110. The lowest BCUT2D eigenvalue weighted by atomic mass is 10.1. The van der Waals surface area contributed by atoms with Crippen molar-refractivity contribution >= 4 is 32.4 Å². The zero-order valence-electron chi connectivity index (χ0n) is 16.0. The van der Waals surface area contributed by atoms with Crippen LogP contribution in [0.1, 0.15) is 0 Å². The van der Waals surface area contributed by atoms with E-state index >= 15 is 0 Å². The molecule has 1 amide bonds. The largest absolute Gasteiger partial charge is 0.325 e. The smallest absolute Gasteiger partial charge is 0.279 e. The van der Waals surface area contributed by atoms with Gasteiger partial charge in [0.05, 0.1) is 31.1 Å². The first-order valence-corrected chi connectivity index (χ1v) is 11.1. The molecule has 1 aliphatic heterocycles. The Morgan fingerprint density at radius 3 is 2.28 bits per heavy atom. The summed E-state index contributed by atoms with van der Waals surface area (Å²) in [6.07, 6.45) is 0. The summed E-state index contributed by atoms with van der Waals surface area (Å²) in [5, 5.41) is 4.81. The van der Waals surface area contributed by atoms with Gasteiger partial charge in [0.25, 0.3) is 5.91 Å². The predicted molar refractivity (Wildman–Crippen MR) is 113 cm³/mol. The number of anilines is 1. The second-order valence-corrected chi connectivity index (χ2v) is 9.19. The second kappa shape index (κ2) is 8.32. The number of quaternary nitrogens is 1. The first kappa shape index (κ1) is 19.6. The van der Waals surface area contributed by atoms with E-state index in [4.69, 9.17) is 0 Å². The number of sulfonamides is 1. The molecule has 0 spiro atoms. The van der Waals surface area contributed by atoms with Crippen LogP contribution in [0.5, 0.6) is 0 Å². The van der Waals surface area contributed by atoms with Crippen molar-refractivity contribution in [3.05, 3.63) is 72.8 Å². The number of para-hydroxylation sites is 1. The number of fused-ring (bicyclic) bond motifs is 1. The molecular weight excluding hydrogens is 386 g/mol. The molecule has 0 radical (unpaired) electrons. The summed E-state index contributed by atoms with van der Waals surface area (Å²) < 4.78 is 27.6. The maximum Gasteiger partial charge on any atom is 0.279 e. The minimum Gasteiger partial charge on any atom is -0.325 e. The van der Waals surface area contributed by atoms with Gasteiger partial charge in [-0.25, -0.2) is 8.42 Å². The van der Waals surface area contributed by atoms with Crippen LogP contribution in [0.2, 0.25) is 0 Å². The highest BCUT2D eigenvalue weighted by atomic mass is 32.2. The van der Waals surface area contributed by atoms with Gasteiger partial charge in [0.15, 0.2) is 6.54 Å². The highest BCUT2D eigenvalue weighted by Gasteiger charge is 2.31. The number of carbonyl (C=O) groups excluding carboxylic acids is 1. The van der Waals surface area contributed by atoms with Crippen LogP contribution in [0, 0.1) is 0 Å². The van der Waals surface area contributed by atoms with Gasteiger partial charge in [-0.2, -0.15) is 4.31 Å². The molecule has 0 atom stereocenters. The van der Waals surface area contributed by atoms with Crippen molar-refractivity contribution < 1.29 is 18.1 Å². The third-order valence-corrected chi connectivity index (χ3v) is 7.15. The number of hydrogen-bond donors (Lipinski definition) is 2. The number of rotatable bonds is 5. The summed E-state index contributed by atoms with van der Waals surface area (Å²) in [5.74, 6) is -0.0583. The monoisotopic (exact) mass is 410 g/mol. The van der Waals surface area contributed by atoms with E-state index in [1.807, 2.05) is 60.7 Å². The quantitative estimate of drug-likeness (QED) is 0.667. The van der Waals surface area contributed by atoms with Crippen molar-refractivity contribution in [2.45, 2.75) is 4.90 Å². The molecule has 0 aromatic heterocycles. The Hall–Kier alpha value is -2.74. The van der Waals surface area contributed by atoms with Crippen LogP contribution in [0.4, 0.5) is 5.69 Å². The fraction of sp³-hybridized carbons (Fsp3) is 0.227. The van der Waals surface area contributed by atoms with Crippen molar-refractivity contribution in [3.63, 3.8) is 0 Å². The molecule has 0 saturated carbocycles. The molecule has 3 aromatic carbocycles. The molecule has 0 aliphatic carbocycles. The third-order valence-electron chi connectivity index (χ3n) is 5.26. The molecule has 4 rings (SSSR count). The van der Waals surface area contributed by atoms with Crippen molar-refractivity contribution in [1.29, 1.82) is 0 Å². The van der Waals surface area contributed by atoms with Crippen LogP contribution in [-0.2, 0) is 14.8 Å². The molecule has 7 heteroatoms. The average Bonchev–Trinajstić information content (AvgIpc) is 2.74. The first-order valence-electron chi connectivity index (χ1n) is 9.70. The molecule has 1 heterocycles. The van der Waals surface area contributed by atoms with E-state index in [1.54, 1.807) is 12.1 Å². The number of nitrogens with zero attached hydrogens (tertiary/aromatic N) is 1. The summed E-state index contributed by atoms with van der Waals surface area (Å²) >= 11 is 0. The lowest BCUT2D eigenvalue weighted by Crippen LogP contribution is -3.15. The number of benzene rings is 3. The van der Waals surface area contributed by atoms with Gasteiger partial charge in [-0.3, -0.25) is 4.79 Å². The van der Waals surface area contributed by atoms with E-state index in [2.05, 4.69) is 5.32 Å². The van der Waals surface area contributed by atoms with Gasteiger partial charge in [0.2, 0.25) is 10.0 Å². The Labute approximate surface area is 170 Å². The van der Waals surface area contributed by atoms with Crippen molar-refractivity contribution in [1.82, 2.24) is 4.31 Å². The molecule has 1 fully saturated rings. The van der Waals surface area contributed by atoms with E-state index in [-0.39, 0.29) is 5.91 Å². The van der Waals surface area contributed by atoms with E-state index in [0.717, 1.165) is 21.4 Å². The van der Waals surface area contributed by atoms with Crippen molar-refractivity contribution in [2.24, 2.45) is 0 Å². The second-order valence-electron chi connectivity index (χ2n) is 7.25. The number of nitrogens with one attached hydrogen (secondary N) is 2. The molecule has 0 bridgehead atoms. The highest BCUT2D eigenvalue weighted by Crippen LogP contribution is 2.21. The molecule has 2 N–H and O–H groups in total. The Balaban J connectivity index is 1.37. The SMILES string of the molecule is O=C(C[NH+]1CCN(S(=O)(=O)c2ccc3ccccc3c2)CC1)Nc1ccccc1. The summed E-state index contributed by atoms with van der Waals surface area (Å²) in [6, 6.07) is 22.3. The van der Waals surface area contributed by atoms with Gasteiger partial charge in [-0.05, 0) is 35.0 Å². The van der Waals surface area contributed by atoms with Crippen LogP contribution in [0.15, 0.2) is 77.7 Å². The minimum atomic E-state index is -3.53. The highest BCUT2D eigenvalue weighted by molar-refractivity contribution is 7.89. The third kappa shape index (κ3) is 4.48. The molecule has 1 saturated heterocycles. The average molecular weight is 411 g/mol. The summed E-state index contributed by atoms with van der Waals surface area (Å²) in [7, 11) is -3.53. The zero-order valence-corrected chi connectivity index (χ0v) is 16.9. The van der Waals surface area contributed by atoms with Gasteiger partial charge in [0.1, 0.15) is 0 Å². The Morgan fingerprint density at radius 2 is 1.55 bits per heavy atom. The molecule has 150 valence electrons. The van der Waals surface area contributed by atoms with E-state index in [9.17, 15) is 13.2 Å². The first-order chi connectivity index (χ1) is 14.0. The molecular formula is C22H24N3O3S+. The summed E-state index contributed by atoms with van der Waals surface area (Å²) in [5.41, 5.74) is 0.773. The van der Waals surface area contributed by atoms with Crippen LogP contribution in [0.3, 0.4) is 0 Å². The topological polar surface area (TPSA) is 70.9 Å². The van der Waals surface area contributed by atoms with Crippen LogP contribution in [0.25, 0.3) is 10.8 Å². The lowest BCUT2D eigenvalue weighted by molar-refractivity contribution is -0.895.